The fourth-order valence-electron chi connectivity index (χ4n) is 4.43. The molecule has 2 N–H and O–H groups in total. The first-order valence-electron chi connectivity index (χ1n) is 11.7. The van der Waals surface area contributed by atoms with Gasteiger partial charge in [0.1, 0.15) is 11.6 Å². The number of hydrogen-bond acceptors (Lipinski definition) is 6. The summed E-state index contributed by atoms with van der Waals surface area (Å²) in [5.74, 6) is -1.05. The number of carbonyl (C=O) groups is 1. The van der Waals surface area contributed by atoms with Gasteiger partial charge in [-0.05, 0) is 46.0 Å². The number of anilines is 2. The number of rotatable bonds is 4. The van der Waals surface area contributed by atoms with Crippen LogP contribution in [0.2, 0.25) is 0 Å². The summed E-state index contributed by atoms with van der Waals surface area (Å²) >= 11 is 0. The number of aromatic nitrogens is 2. The fourth-order valence-corrected chi connectivity index (χ4v) is 4.43. The summed E-state index contributed by atoms with van der Waals surface area (Å²) in [6, 6.07) is 2.95. The van der Waals surface area contributed by atoms with Gasteiger partial charge in [-0.2, -0.15) is 13.2 Å². The van der Waals surface area contributed by atoms with E-state index in [1.807, 2.05) is 25.8 Å². The van der Waals surface area contributed by atoms with Gasteiger partial charge < -0.3 is 15.5 Å². The van der Waals surface area contributed by atoms with E-state index < -0.39 is 29.0 Å². The van der Waals surface area contributed by atoms with E-state index in [-0.39, 0.29) is 29.0 Å². The Balaban J connectivity index is 1.77. The molecule has 1 saturated heterocycles. The molecule has 11 heteroatoms. The monoisotopic (exact) mass is 516 g/mol. The summed E-state index contributed by atoms with van der Waals surface area (Å²) in [6.45, 7) is 10.3. The lowest BCUT2D eigenvalue weighted by Crippen LogP contribution is -2.55. The number of hydrogen-bond donors (Lipinski definition) is 2. The first-order valence-corrected chi connectivity index (χ1v) is 11.7. The minimum atomic E-state index is -4.77. The van der Waals surface area contributed by atoms with Crippen molar-refractivity contribution in [3.05, 3.63) is 71.9 Å². The van der Waals surface area contributed by atoms with Crippen molar-refractivity contribution in [2.24, 2.45) is 0 Å². The lowest BCUT2D eigenvalue weighted by molar-refractivity contribution is -0.115. The summed E-state index contributed by atoms with van der Waals surface area (Å²) in [5.41, 5.74) is -0.671. The maximum Gasteiger partial charge on any atom is 0.417 e. The number of benzene rings is 1. The quantitative estimate of drug-likeness (QED) is 0.581. The number of allylic oxidation sites excluding steroid dienone is 1. The number of carbonyl (C=O) groups excluding carboxylic acids is 1. The molecular weight excluding hydrogens is 488 g/mol. The average molecular weight is 517 g/mol. The number of aryl methyl sites for hydroxylation is 1. The van der Waals surface area contributed by atoms with Crippen molar-refractivity contribution in [1.82, 2.24) is 20.2 Å². The molecule has 1 aromatic heterocycles. The first-order chi connectivity index (χ1) is 17.3. The lowest BCUT2D eigenvalue weighted by Gasteiger charge is -2.44. The number of amides is 1. The van der Waals surface area contributed by atoms with Crippen molar-refractivity contribution in [2.75, 3.05) is 30.4 Å². The summed E-state index contributed by atoms with van der Waals surface area (Å²) in [5, 5.41) is 5.16. The topological polar surface area (TPSA) is 73.4 Å². The van der Waals surface area contributed by atoms with Crippen molar-refractivity contribution in [1.29, 1.82) is 0 Å². The second-order valence-corrected chi connectivity index (χ2v) is 9.37. The maximum absolute atomic E-state index is 15.4. The van der Waals surface area contributed by atoms with Crippen LogP contribution in [0.1, 0.15) is 19.7 Å². The molecule has 2 aliphatic heterocycles. The third kappa shape index (κ3) is 5.51. The van der Waals surface area contributed by atoms with E-state index in [4.69, 9.17) is 0 Å². The van der Waals surface area contributed by atoms with Crippen LogP contribution in [0.25, 0.3) is 11.1 Å². The van der Waals surface area contributed by atoms with E-state index in [0.717, 1.165) is 12.3 Å². The molecule has 4 rings (SSSR count). The minimum absolute atomic E-state index is 0.00779. The Labute approximate surface area is 212 Å². The molecule has 0 aliphatic carbocycles. The minimum Gasteiger partial charge on any atom is -0.367 e. The van der Waals surface area contributed by atoms with Crippen LogP contribution in [0.4, 0.5) is 28.9 Å². The molecule has 3 heterocycles. The highest BCUT2D eigenvalue weighted by molar-refractivity contribution is 6.09. The fraction of sp³-hybridized carbons (Fsp3) is 0.346. The number of nitrogens with one attached hydrogen (secondary N) is 2. The number of dihydropyridines is 1. The maximum atomic E-state index is 15.4. The van der Waals surface area contributed by atoms with Crippen LogP contribution >= 0.6 is 0 Å². The number of alkyl halides is 3. The smallest absolute Gasteiger partial charge is 0.367 e. The molecule has 1 aromatic carbocycles. The SMILES string of the molecule is C=C1C=C(C(F)(F)F)C(C(=O)Nc2cc(-c3cnc(C)nc3)c(F)cc2N2C[C@@H](C)N(C)[C@@H](C)C2)=CN1. The van der Waals surface area contributed by atoms with Crippen LogP contribution in [0, 0.1) is 12.7 Å². The van der Waals surface area contributed by atoms with Crippen molar-refractivity contribution >= 4 is 17.3 Å². The van der Waals surface area contributed by atoms with E-state index in [2.05, 4.69) is 32.1 Å². The molecule has 0 unspecified atom stereocenters. The molecule has 2 aromatic rings. The molecular formula is C26H28F4N6O. The van der Waals surface area contributed by atoms with Gasteiger partial charge in [0.05, 0.1) is 22.5 Å². The molecule has 0 spiro atoms. The molecule has 0 radical (unpaired) electrons. The van der Waals surface area contributed by atoms with Gasteiger partial charge in [0.15, 0.2) is 0 Å². The Bertz CT molecular complexity index is 1270. The van der Waals surface area contributed by atoms with Gasteiger partial charge in [-0.1, -0.05) is 6.58 Å². The molecule has 2 aliphatic rings. The van der Waals surface area contributed by atoms with Crippen molar-refractivity contribution in [3.8, 4) is 11.1 Å². The predicted molar refractivity (Wildman–Crippen MR) is 134 cm³/mol. The van der Waals surface area contributed by atoms with Gasteiger partial charge >= 0.3 is 6.18 Å². The van der Waals surface area contributed by atoms with Crippen LogP contribution in [0.15, 0.2) is 60.2 Å². The van der Waals surface area contributed by atoms with E-state index in [1.54, 1.807) is 6.92 Å². The molecule has 37 heavy (non-hydrogen) atoms. The van der Waals surface area contributed by atoms with Gasteiger partial charge in [0.2, 0.25) is 0 Å². The van der Waals surface area contributed by atoms with Gasteiger partial charge in [-0.3, -0.25) is 9.69 Å². The second kappa shape index (κ2) is 9.97. The Morgan fingerprint density at radius 2 is 1.78 bits per heavy atom. The summed E-state index contributed by atoms with van der Waals surface area (Å²) in [4.78, 5) is 25.5. The summed E-state index contributed by atoms with van der Waals surface area (Å²) < 4.78 is 56.5. The Morgan fingerprint density at radius 3 is 2.38 bits per heavy atom. The summed E-state index contributed by atoms with van der Waals surface area (Å²) in [7, 11) is 2.00. The largest absolute Gasteiger partial charge is 0.417 e. The highest BCUT2D eigenvalue weighted by Gasteiger charge is 2.40. The van der Waals surface area contributed by atoms with Crippen LogP contribution in [0.3, 0.4) is 0 Å². The molecule has 0 bridgehead atoms. The Kier molecular flexibility index (Phi) is 7.09. The molecule has 1 amide bonds. The lowest BCUT2D eigenvalue weighted by atomic mass is 10.0. The standard InChI is InChI=1S/C26H28F4N6O/c1-14-6-21(26(28,29)30)20(11-31-14)25(37)34-23-7-19(18-9-32-17(4)33-10-18)22(27)8-24(23)36-12-15(2)35(5)16(3)13-36/h6-11,15-16,31H,1,12-13H2,2-5H3,(H,34,37)/t15-,16+. The average Bonchev–Trinajstić information content (AvgIpc) is 2.83. The van der Waals surface area contributed by atoms with Crippen LogP contribution < -0.4 is 15.5 Å². The third-order valence-electron chi connectivity index (χ3n) is 6.69. The summed E-state index contributed by atoms with van der Waals surface area (Å²) in [6.07, 6.45) is -0.115. The van der Waals surface area contributed by atoms with Crippen molar-refractivity contribution in [3.63, 3.8) is 0 Å². The molecule has 196 valence electrons. The third-order valence-corrected chi connectivity index (χ3v) is 6.69. The van der Waals surface area contributed by atoms with Gasteiger partial charge in [0.25, 0.3) is 5.91 Å². The zero-order valence-electron chi connectivity index (χ0n) is 20.9. The number of nitrogens with zero attached hydrogens (tertiary/aromatic N) is 4. The van der Waals surface area contributed by atoms with E-state index in [9.17, 15) is 18.0 Å². The highest BCUT2D eigenvalue weighted by atomic mass is 19.4. The molecule has 2 atom stereocenters. The van der Waals surface area contributed by atoms with Gasteiger partial charge in [-0.15, -0.1) is 0 Å². The number of likely N-dealkylation sites (N-methyl/N-ethyl adjacent to an activating group) is 1. The van der Waals surface area contributed by atoms with Gasteiger partial charge in [0, 0.05) is 60.6 Å². The molecule has 1 fully saturated rings. The van der Waals surface area contributed by atoms with Crippen LogP contribution in [-0.4, -0.2) is 59.2 Å². The Morgan fingerprint density at radius 1 is 1.16 bits per heavy atom. The van der Waals surface area contributed by atoms with E-state index >= 15 is 4.39 Å². The van der Waals surface area contributed by atoms with Crippen molar-refractivity contribution in [2.45, 2.75) is 39.0 Å². The zero-order valence-corrected chi connectivity index (χ0v) is 20.9. The van der Waals surface area contributed by atoms with Crippen LogP contribution in [-0.2, 0) is 4.79 Å². The predicted octanol–water partition coefficient (Wildman–Crippen LogP) is 4.55. The van der Waals surface area contributed by atoms with E-state index in [1.165, 1.54) is 24.5 Å². The second-order valence-electron chi connectivity index (χ2n) is 9.37. The van der Waals surface area contributed by atoms with Crippen molar-refractivity contribution < 1.29 is 22.4 Å². The van der Waals surface area contributed by atoms with E-state index in [0.29, 0.717) is 30.2 Å². The Hall–Kier alpha value is -3.73. The number of piperazine rings is 1. The normalized spacial score (nSPS) is 20.8. The zero-order chi connectivity index (χ0) is 27.1. The van der Waals surface area contributed by atoms with Crippen LogP contribution in [0.5, 0.6) is 0 Å². The highest BCUT2D eigenvalue weighted by Crippen LogP contribution is 2.38. The first kappa shape index (κ1) is 26.3. The number of halogens is 4. The molecule has 0 saturated carbocycles. The van der Waals surface area contributed by atoms with Gasteiger partial charge in [-0.25, -0.2) is 14.4 Å². The molecule has 7 nitrogen and oxygen atoms in total.